The molecule has 1 saturated carbocycles. The third kappa shape index (κ3) is 3.65. The molecule has 2 aromatic carbocycles. The molecule has 0 saturated heterocycles. The van der Waals surface area contributed by atoms with Crippen LogP contribution in [0.4, 0.5) is 0 Å². The van der Waals surface area contributed by atoms with Crippen LogP contribution in [-0.2, 0) is 5.75 Å². The van der Waals surface area contributed by atoms with E-state index in [1.54, 1.807) is 13.2 Å². The molecule has 29 heavy (non-hydrogen) atoms. The standard InChI is InChI=1S/C22H19N3O3S/c1-27-17-9-10-18-15(11-20(26)28-19(18)12-17)13-29-22-23-21(14-7-8-14)25(24-22)16-5-3-2-4-6-16/h2-6,9-12,14H,7-8,13H2,1H3. The van der Waals surface area contributed by atoms with Crippen molar-refractivity contribution in [1.29, 1.82) is 0 Å². The maximum Gasteiger partial charge on any atom is 0.336 e. The van der Waals surface area contributed by atoms with Gasteiger partial charge < -0.3 is 9.15 Å². The fourth-order valence-electron chi connectivity index (χ4n) is 3.33. The maximum atomic E-state index is 12.0. The zero-order valence-corrected chi connectivity index (χ0v) is 16.7. The summed E-state index contributed by atoms with van der Waals surface area (Å²) in [4.78, 5) is 16.8. The molecule has 0 unspecified atom stereocenters. The second kappa shape index (κ2) is 7.40. The van der Waals surface area contributed by atoms with Crippen molar-refractivity contribution in [2.45, 2.75) is 29.7 Å². The summed E-state index contributed by atoms with van der Waals surface area (Å²) in [6.07, 6.45) is 2.31. The highest BCUT2D eigenvalue weighted by Crippen LogP contribution is 2.40. The molecule has 146 valence electrons. The van der Waals surface area contributed by atoms with Crippen LogP contribution in [0.5, 0.6) is 5.75 Å². The zero-order chi connectivity index (χ0) is 19.8. The Morgan fingerprint density at radius 3 is 2.76 bits per heavy atom. The first-order valence-electron chi connectivity index (χ1n) is 9.47. The quantitative estimate of drug-likeness (QED) is 0.346. The first kappa shape index (κ1) is 18.0. The van der Waals surface area contributed by atoms with Gasteiger partial charge in [-0.1, -0.05) is 30.0 Å². The van der Waals surface area contributed by atoms with Crippen LogP contribution in [-0.4, -0.2) is 21.9 Å². The van der Waals surface area contributed by atoms with Crippen LogP contribution >= 0.6 is 11.8 Å². The number of methoxy groups -OCH3 is 1. The number of hydrogen-bond donors (Lipinski definition) is 0. The van der Waals surface area contributed by atoms with Crippen LogP contribution in [0.1, 0.15) is 30.1 Å². The van der Waals surface area contributed by atoms with E-state index in [4.69, 9.17) is 19.2 Å². The summed E-state index contributed by atoms with van der Waals surface area (Å²) in [7, 11) is 1.59. The maximum absolute atomic E-state index is 12.0. The van der Waals surface area contributed by atoms with Gasteiger partial charge in [-0.2, -0.15) is 0 Å². The van der Waals surface area contributed by atoms with Crippen LogP contribution in [0.2, 0.25) is 0 Å². The Bertz CT molecular complexity index is 1230. The van der Waals surface area contributed by atoms with Crippen LogP contribution in [0, 0.1) is 0 Å². The SMILES string of the molecule is COc1ccc2c(CSc3nc(C4CC4)n(-c4ccccc4)n3)cc(=O)oc2c1. The number of hydrogen-bond acceptors (Lipinski definition) is 6. The number of rotatable bonds is 6. The minimum absolute atomic E-state index is 0.372. The van der Waals surface area contributed by atoms with E-state index in [-0.39, 0.29) is 5.63 Å². The van der Waals surface area contributed by atoms with Crippen LogP contribution in [0.3, 0.4) is 0 Å². The molecule has 0 radical (unpaired) electrons. The Kier molecular flexibility index (Phi) is 4.60. The number of fused-ring (bicyclic) bond motifs is 1. The van der Waals surface area contributed by atoms with E-state index in [1.165, 1.54) is 17.8 Å². The molecular weight excluding hydrogens is 386 g/mol. The van der Waals surface area contributed by atoms with Gasteiger partial charge in [-0.05, 0) is 42.7 Å². The Morgan fingerprint density at radius 2 is 2.00 bits per heavy atom. The molecule has 1 aliphatic rings. The summed E-state index contributed by atoms with van der Waals surface area (Å²) in [6.45, 7) is 0. The summed E-state index contributed by atoms with van der Waals surface area (Å²) in [5, 5.41) is 6.34. The highest BCUT2D eigenvalue weighted by atomic mass is 32.2. The number of benzene rings is 2. The van der Waals surface area contributed by atoms with Crippen LogP contribution in [0.25, 0.3) is 16.7 Å². The molecule has 0 N–H and O–H groups in total. The van der Waals surface area contributed by atoms with E-state index in [0.717, 1.165) is 35.3 Å². The number of ether oxygens (including phenoxy) is 1. The number of aromatic nitrogens is 3. The van der Waals surface area contributed by atoms with E-state index < -0.39 is 0 Å². The van der Waals surface area contributed by atoms with Crippen LogP contribution < -0.4 is 10.4 Å². The van der Waals surface area contributed by atoms with Gasteiger partial charge >= 0.3 is 5.63 Å². The average molecular weight is 405 g/mol. The van der Waals surface area contributed by atoms with Crippen LogP contribution in [0.15, 0.2) is 69.0 Å². The van der Waals surface area contributed by atoms with E-state index in [0.29, 0.717) is 28.2 Å². The molecule has 1 fully saturated rings. The Labute approximate surface area is 171 Å². The third-order valence-corrected chi connectivity index (χ3v) is 5.84. The molecule has 2 aromatic heterocycles. The van der Waals surface area contributed by atoms with Gasteiger partial charge in [0.05, 0.1) is 12.8 Å². The molecule has 0 atom stereocenters. The van der Waals surface area contributed by atoms with Gasteiger partial charge in [0, 0.05) is 29.2 Å². The van der Waals surface area contributed by atoms with E-state index >= 15 is 0 Å². The normalized spacial score (nSPS) is 13.7. The monoisotopic (exact) mass is 405 g/mol. The van der Waals surface area contributed by atoms with Crippen molar-refractivity contribution in [2.75, 3.05) is 7.11 Å². The van der Waals surface area contributed by atoms with Crippen molar-refractivity contribution in [3.05, 3.63) is 76.4 Å². The van der Waals surface area contributed by atoms with Gasteiger partial charge in [0.25, 0.3) is 0 Å². The molecule has 4 aromatic rings. The summed E-state index contributed by atoms with van der Waals surface area (Å²) in [5.74, 6) is 2.73. The number of nitrogens with zero attached hydrogens (tertiary/aromatic N) is 3. The molecule has 0 aliphatic heterocycles. The van der Waals surface area contributed by atoms with Gasteiger partial charge in [0.1, 0.15) is 17.2 Å². The molecule has 0 amide bonds. The topological polar surface area (TPSA) is 70.2 Å². The van der Waals surface area contributed by atoms with Gasteiger partial charge in [0.15, 0.2) is 0 Å². The fraction of sp³-hybridized carbons (Fsp3) is 0.227. The smallest absolute Gasteiger partial charge is 0.336 e. The van der Waals surface area contributed by atoms with Gasteiger partial charge in [0.2, 0.25) is 5.16 Å². The van der Waals surface area contributed by atoms with Crippen molar-refractivity contribution in [3.63, 3.8) is 0 Å². The summed E-state index contributed by atoms with van der Waals surface area (Å²) in [6, 6.07) is 17.1. The van der Waals surface area contributed by atoms with Crippen molar-refractivity contribution in [1.82, 2.24) is 14.8 Å². The highest BCUT2D eigenvalue weighted by Gasteiger charge is 2.30. The Hall–Kier alpha value is -3.06. The molecule has 2 heterocycles. The third-order valence-electron chi connectivity index (χ3n) is 4.95. The highest BCUT2D eigenvalue weighted by molar-refractivity contribution is 7.98. The fourth-order valence-corrected chi connectivity index (χ4v) is 4.15. The number of para-hydroxylation sites is 1. The lowest BCUT2D eigenvalue weighted by Gasteiger charge is -2.06. The summed E-state index contributed by atoms with van der Waals surface area (Å²) in [5.41, 5.74) is 2.07. The minimum Gasteiger partial charge on any atom is -0.497 e. The van der Waals surface area contributed by atoms with E-state index in [2.05, 4.69) is 0 Å². The van der Waals surface area contributed by atoms with Crippen molar-refractivity contribution >= 4 is 22.7 Å². The van der Waals surface area contributed by atoms with Gasteiger partial charge in [-0.15, -0.1) is 5.10 Å². The average Bonchev–Trinajstić information content (AvgIpc) is 3.51. The Morgan fingerprint density at radius 1 is 1.17 bits per heavy atom. The first-order chi connectivity index (χ1) is 14.2. The first-order valence-corrected chi connectivity index (χ1v) is 10.5. The van der Waals surface area contributed by atoms with Gasteiger partial charge in [-0.25, -0.2) is 14.5 Å². The van der Waals surface area contributed by atoms with Crippen molar-refractivity contribution in [3.8, 4) is 11.4 Å². The molecule has 0 bridgehead atoms. The lowest BCUT2D eigenvalue weighted by atomic mass is 10.1. The molecular formula is C22H19N3O3S. The summed E-state index contributed by atoms with van der Waals surface area (Å²) >= 11 is 1.53. The van der Waals surface area contributed by atoms with Crippen molar-refractivity contribution < 1.29 is 9.15 Å². The molecule has 5 rings (SSSR count). The second-order valence-electron chi connectivity index (χ2n) is 7.02. The molecule has 0 spiro atoms. The largest absolute Gasteiger partial charge is 0.497 e. The number of thioether (sulfide) groups is 1. The summed E-state index contributed by atoms with van der Waals surface area (Å²) < 4.78 is 12.5. The van der Waals surface area contributed by atoms with E-state index in [9.17, 15) is 4.79 Å². The predicted octanol–water partition coefficient (Wildman–Crippen LogP) is 4.55. The lowest BCUT2D eigenvalue weighted by molar-refractivity contribution is 0.414. The van der Waals surface area contributed by atoms with Crippen molar-refractivity contribution in [2.24, 2.45) is 0 Å². The molecule has 7 heteroatoms. The predicted molar refractivity (Wildman–Crippen MR) is 112 cm³/mol. The van der Waals surface area contributed by atoms with Gasteiger partial charge in [-0.3, -0.25) is 0 Å². The van der Waals surface area contributed by atoms with E-state index in [1.807, 2.05) is 47.1 Å². The minimum atomic E-state index is -0.372. The second-order valence-corrected chi connectivity index (χ2v) is 7.96. The molecule has 1 aliphatic carbocycles. The Balaban J connectivity index is 1.45. The zero-order valence-electron chi connectivity index (χ0n) is 15.9. The molecule has 6 nitrogen and oxygen atoms in total. The lowest BCUT2D eigenvalue weighted by Crippen LogP contribution is -2.01.